The first-order valence-corrected chi connectivity index (χ1v) is 15.5. The third kappa shape index (κ3) is 7.52. The number of nitrogens with zero attached hydrogens (tertiary/aromatic N) is 2. The van der Waals surface area contributed by atoms with Crippen molar-refractivity contribution in [1.29, 1.82) is 0 Å². The maximum absolute atomic E-state index is 14.2. The molecule has 4 aromatic carbocycles. The molecule has 1 heterocycles. The molecule has 0 fully saturated rings. The van der Waals surface area contributed by atoms with E-state index in [0.717, 1.165) is 22.3 Å². The number of alkyl carbamates (subject to hydrolysis) is 1. The fraction of sp³-hybridized carbons (Fsp3) is 0.263. The van der Waals surface area contributed by atoms with Crippen LogP contribution in [-0.4, -0.2) is 34.6 Å². The molecule has 5 rings (SSSR count). The van der Waals surface area contributed by atoms with Gasteiger partial charge in [0.05, 0.1) is 29.9 Å². The highest BCUT2D eigenvalue weighted by Crippen LogP contribution is 2.41. The van der Waals surface area contributed by atoms with E-state index in [2.05, 4.69) is 5.32 Å². The largest absolute Gasteiger partial charge is 0.481 e. The number of hydrogen-bond acceptors (Lipinski definition) is 5. The van der Waals surface area contributed by atoms with Crippen molar-refractivity contribution in [2.24, 2.45) is 5.92 Å². The monoisotopic (exact) mass is 633 g/mol. The molecular formula is C38H39N3O6. The number of benzene rings is 4. The Labute approximate surface area is 274 Å². The van der Waals surface area contributed by atoms with E-state index in [1.165, 1.54) is 9.80 Å². The van der Waals surface area contributed by atoms with Gasteiger partial charge in [0.25, 0.3) is 0 Å². The van der Waals surface area contributed by atoms with Crippen molar-refractivity contribution in [3.63, 3.8) is 0 Å². The predicted molar refractivity (Wildman–Crippen MR) is 181 cm³/mol. The van der Waals surface area contributed by atoms with Crippen molar-refractivity contribution < 1.29 is 29.0 Å². The first kappa shape index (κ1) is 32.9. The second-order valence-electron chi connectivity index (χ2n) is 13.1. The summed E-state index contributed by atoms with van der Waals surface area (Å²) < 4.78 is 5.43. The van der Waals surface area contributed by atoms with E-state index in [-0.39, 0.29) is 6.54 Å². The van der Waals surface area contributed by atoms with Crippen LogP contribution in [0.25, 0.3) is 11.1 Å². The fourth-order valence-corrected chi connectivity index (χ4v) is 5.62. The van der Waals surface area contributed by atoms with E-state index >= 15 is 0 Å². The highest BCUT2D eigenvalue weighted by atomic mass is 16.6. The summed E-state index contributed by atoms with van der Waals surface area (Å²) in [6.45, 7) is 9.18. The minimum Gasteiger partial charge on any atom is -0.481 e. The first-order valence-electron chi connectivity index (χ1n) is 15.5. The third-order valence-corrected chi connectivity index (χ3v) is 7.94. The molecule has 3 amide bonds. The molecule has 4 aromatic rings. The summed E-state index contributed by atoms with van der Waals surface area (Å²) in [4.78, 5) is 55.6. The molecule has 0 radical (unpaired) electrons. The lowest BCUT2D eigenvalue weighted by molar-refractivity contribution is -0.144. The quantitative estimate of drug-likeness (QED) is 0.195. The minimum absolute atomic E-state index is 0.144. The van der Waals surface area contributed by atoms with Crippen LogP contribution in [0.2, 0.25) is 0 Å². The predicted octanol–water partition coefficient (Wildman–Crippen LogP) is 7.42. The molecule has 0 aromatic heterocycles. The Morgan fingerprint density at radius 2 is 1.32 bits per heavy atom. The van der Waals surface area contributed by atoms with Gasteiger partial charge in [-0.2, -0.15) is 0 Å². The molecule has 2 N–H and O–H groups in total. The maximum Gasteiger partial charge on any atom is 0.408 e. The van der Waals surface area contributed by atoms with Crippen molar-refractivity contribution in [3.05, 3.63) is 114 Å². The number of fused-ring (bicyclic) bond motifs is 1. The average Bonchev–Trinajstić information content (AvgIpc) is 3.09. The van der Waals surface area contributed by atoms with E-state index in [0.29, 0.717) is 17.1 Å². The summed E-state index contributed by atoms with van der Waals surface area (Å²) in [6.07, 6.45) is -1.22. The number of carbonyl (C=O) groups excluding carboxylic acids is 3. The number of hydrogen-bond donors (Lipinski definition) is 2. The second kappa shape index (κ2) is 13.1. The Hall–Kier alpha value is -5.44. The molecule has 0 saturated heterocycles. The summed E-state index contributed by atoms with van der Waals surface area (Å²) in [7, 11) is 0. The van der Waals surface area contributed by atoms with E-state index in [1.807, 2.05) is 68.4 Å². The number of para-hydroxylation sites is 2. The second-order valence-corrected chi connectivity index (χ2v) is 13.1. The molecule has 1 aliphatic rings. The molecule has 9 heteroatoms. The standard InChI is InChI=1S/C38H39N3O6/c1-37(2,3)47-36(46)39-38(4,5)28-19-21-29(22-20-28)41-32-14-10-9-13-31(32)40(34(44)30(35(41)45)23-33(42)43)24-25-15-17-27(18-16-25)26-11-7-6-8-12-26/h6-22,30H,23-24H2,1-5H3,(H,39,46)(H,42,43). The molecule has 242 valence electrons. The zero-order chi connectivity index (χ0) is 33.9. The van der Waals surface area contributed by atoms with Gasteiger partial charge in [-0.1, -0.05) is 78.9 Å². The van der Waals surface area contributed by atoms with Crippen LogP contribution in [-0.2, 0) is 31.2 Å². The number of aliphatic carboxylic acids is 1. The number of carboxylic acids is 1. The SMILES string of the molecule is CC(C)(C)OC(=O)NC(C)(C)c1ccc(N2C(=O)C(CC(=O)O)C(=O)N(Cc3ccc(-c4ccccc4)cc3)c3ccccc32)cc1. The maximum atomic E-state index is 14.2. The van der Waals surface area contributed by atoms with Crippen LogP contribution < -0.4 is 15.1 Å². The summed E-state index contributed by atoms with van der Waals surface area (Å²) >= 11 is 0. The zero-order valence-electron chi connectivity index (χ0n) is 27.2. The Morgan fingerprint density at radius 3 is 1.91 bits per heavy atom. The van der Waals surface area contributed by atoms with Crippen LogP contribution in [0.15, 0.2) is 103 Å². The number of carbonyl (C=O) groups is 4. The topological polar surface area (TPSA) is 116 Å². The number of rotatable bonds is 8. The smallest absolute Gasteiger partial charge is 0.408 e. The van der Waals surface area contributed by atoms with Crippen LogP contribution in [0.4, 0.5) is 21.9 Å². The van der Waals surface area contributed by atoms with Gasteiger partial charge in [0.15, 0.2) is 0 Å². The van der Waals surface area contributed by atoms with Gasteiger partial charge in [-0.15, -0.1) is 0 Å². The normalized spacial score (nSPS) is 15.1. The molecule has 9 nitrogen and oxygen atoms in total. The van der Waals surface area contributed by atoms with Gasteiger partial charge in [0, 0.05) is 5.69 Å². The van der Waals surface area contributed by atoms with Crippen molar-refractivity contribution in [3.8, 4) is 11.1 Å². The Kier molecular flexibility index (Phi) is 9.19. The van der Waals surface area contributed by atoms with Crippen molar-refractivity contribution >= 4 is 40.9 Å². The molecular weight excluding hydrogens is 594 g/mol. The van der Waals surface area contributed by atoms with E-state index < -0.39 is 47.4 Å². The van der Waals surface area contributed by atoms with Gasteiger partial charge in [-0.25, -0.2) is 4.79 Å². The van der Waals surface area contributed by atoms with Gasteiger partial charge < -0.3 is 20.1 Å². The number of ether oxygens (including phenoxy) is 1. The molecule has 1 unspecified atom stereocenters. The number of carboxylic acid groups (broad SMARTS) is 1. The van der Waals surface area contributed by atoms with Gasteiger partial charge in [-0.05, 0) is 81.1 Å². The summed E-state index contributed by atoms with van der Waals surface area (Å²) in [5.74, 6) is -3.92. The van der Waals surface area contributed by atoms with Crippen molar-refractivity contribution in [2.75, 3.05) is 9.80 Å². The molecule has 1 atom stereocenters. The van der Waals surface area contributed by atoms with Crippen molar-refractivity contribution in [2.45, 2.75) is 58.7 Å². The highest BCUT2D eigenvalue weighted by Gasteiger charge is 2.42. The van der Waals surface area contributed by atoms with Crippen LogP contribution in [0.3, 0.4) is 0 Å². The van der Waals surface area contributed by atoms with E-state index in [1.54, 1.807) is 69.3 Å². The van der Waals surface area contributed by atoms with Crippen LogP contribution >= 0.6 is 0 Å². The minimum atomic E-state index is -1.45. The number of amides is 3. The zero-order valence-corrected chi connectivity index (χ0v) is 27.2. The third-order valence-electron chi connectivity index (χ3n) is 7.94. The summed E-state index contributed by atoms with van der Waals surface area (Å²) in [6, 6.07) is 31.8. The number of nitrogens with one attached hydrogen (secondary N) is 1. The van der Waals surface area contributed by atoms with Gasteiger partial charge >= 0.3 is 12.1 Å². The van der Waals surface area contributed by atoms with Gasteiger partial charge in [0.1, 0.15) is 11.5 Å². The molecule has 0 saturated carbocycles. The Balaban J connectivity index is 1.50. The van der Waals surface area contributed by atoms with E-state index in [4.69, 9.17) is 4.74 Å². The van der Waals surface area contributed by atoms with Gasteiger partial charge in [-0.3, -0.25) is 19.3 Å². The van der Waals surface area contributed by atoms with Crippen LogP contribution in [0.5, 0.6) is 0 Å². The van der Waals surface area contributed by atoms with Crippen LogP contribution in [0.1, 0.15) is 52.2 Å². The molecule has 1 aliphatic heterocycles. The lowest BCUT2D eigenvalue weighted by Gasteiger charge is -2.30. The van der Waals surface area contributed by atoms with Crippen molar-refractivity contribution in [1.82, 2.24) is 5.32 Å². The molecule has 0 aliphatic carbocycles. The number of anilines is 3. The fourth-order valence-electron chi connectivity index (χ4n) is 5.62. The van der Waals surface area contributed by atoms with E-state index in [9.17, 15) is 24.3 Å². The Bertz CT molecular complexity index is 1780. The first-order chi connectivity index (χ1) is 22.2. The average molecular weight is 634 g/mol. The summed E-state index contributed by atoms with van der Waals surface area (Å²) in [5.41, 5.74) is 3.60. The highest BCUT2D eigenvalue weighted by molar-refractivity contribution is 6.20. The van der Waals surface area contributed by atoms with Crippen LogP contribution in [0, 0.1) is 5.92 Å². The Morgan fingerprint density at radius 1 is 0.745 bits per heavy atom. The molecule has 0 spiro atoms. The lowest BCUT2D eigenvalue weighted by Crippen LogP contribution is -2.43. The van der Waals surface area contributed by atoms with Gasteiger partial charge in [0.2, 0.25) is 11.8 Å². The lowest BCUT2D eigenvalue weighted by atomic mass is 9.94. The summed E-state index contributed by atoms with van der Waals surface area (Å²) in [5, 5.41) is 12.6. The molecule has 0 bridgehead atoms. The molecule has 47 heavy (non-hydrogen) atoms.